The van der Waals surface area contributed by atoms with E-state index < -0.39 is 12.7 Å². The van der Waals surface area contributed by atoms with Crippen LogP contribution in [0.25, 0.3) is 0 Å². The maximum Gasteiger partial charge on any atom is 0.496 e. The van der Waals surface area contributed by atoms with E-state index in [9.17, 15) is 5.02 Å². The van der Waals surface area contributed by atoms with Crippen molar-refractivity contribution in [1.82, 2.24) is 0 Å². The van der Waals surface area contributed by atoms with Crippen LogP contribution in [0.4, 0.5) is 0 Å². The molecule has 22 heavy (non-hydrogen) atoms. The molecule has 0 saturated carbocycles. The van der Waals surface area contributed by atoms with Gasteiger partial charge in [-0.2, -0.15) is 0 Å². The molecule has 0 bridgehead atoms. The van der Waals surface area contributed by atoms with Gasteiger partial charge in [0.15, 0.2) is 0 Å². The number of benzene rings is 1. The lowest BCUT2D eigenvalue weighted by Gasteiger charge is -2.23. The van der Waals surface area contributed by atoms with Crippen LogP contribution in [0.15, 0.2) is 18.2 Å². The molecule has 0 aliphatic carbocycles. The molecule has 2 rings (SSSR count). The Hall–Kier alpha value is -1.08. The fourth-order valence-electron chi connectivity index (χ4n) is 2.60. The van der Waals surface area contributed by atoms with Crippen LogP contribution >= 0.6 is 0 Å². The van der Waals surface area contributed by atoms with Gasteiger partial charge in [-0.15, -0.1) is 0 Å². The molecular weight excluding hydrogens is 281 g/mol. The number of unbranched alkanes of at least 4 members (excludes halogenated alkanes) is 1. The van der Waals surface area contributed by atoms with Gasteiger partial charge in [-0.1, -0.05) is 25.5 Å². The van der Waals surface area contributed by atoms with Gasteiger partial charge in [0, 0.05) is 31.6 Å². The first kappa shape index (κ1) is 17.3. The fraction of sp³-hybridized carbons (Fsp3) is 0.625. The minimum atomic E-state index is -0.986. The number of fused-ring (bicyclic) bond motifs is 1. The van der Waals surface area contributed by atoms with Gasteiger partial charge in [0.25, 0.3) is 0 Å². The molecule has 6 heteroatoms. The second-order valence-electron chi connectivity index (χ2n) is 5.79. The highest BCUT2D eigenvalue weighted by molar-refractivity contribution is 6.63. The molecule has 122 valence electrons. The van der Waals surface area contributed by atoms with Gasteiger partial charge in [0.1, 0.15) is 5.75 Å². The summed E-state index contributed by atoms with van der Waals surface area (Å²) in [6, 6.07) is 5.69. The van der Waals surface area contributed by atoms with Crippen molar-refractivity contribution in [3.05, 3.63) is 23.8 Å². The quantitative estimate of drug-likeness (QED) is 0.529. The van der Waals surface area contributed by atoms with Crippen molar-refractivity contribution in [1.29, 1.82) is 0 Å². The average Bonchev–Trinajstić information content (AvgIpc) is 2.79. The van der Waals surface area contributed by atoms with E-state index in [0.29, 0.717) is 31.0 Å². The Balaban J connectivity index is 1.91. The Bertz CT molecular complexity index is 485. The first-order valence-corrected chi connectivity index (χ1v) is 8.02. The van der Waals surface area contributed by atoms with Crippen LogP contribution in [0, 0.1) is 0 Å². The number of hydrogen-bond donors (Lipinski definition) is 2. The Morgan fingerprint density at radius 3 is 2.77 bits per heavy atom. The van der Waals surface area contributed by atoms with Crippen molar-refractivity contribution in [2.45, 2.75) is 38.7 Å². The molecule has 0 unspecified atom stereocenters. The van der Waals surface area contributed by atoms with Crippen LogP contribution in [0.3, 0.4) is 0 Å². The number of ether oxygens (including phenoxy) is 2. The SMILES string of the molecule is CCCCOCCCOc1cccc2c1B(O)O[C@]2(C)CN. The van der Waals surface area contributed by atoms with E-state index in [-0.39, 0.29) is 0 Å². The molecule has 0 radical (unpaired) electrons. The summed E-state index contributed by atoms with van der Waals surface area (Å²) in [4.78, 5) is 0. The van der Waals surface area contributed by atoms with Crippen LogP contribution < -0.4 is 15.9 Å². The number of rotatable bonds is 9. The van der Waals surface area contributed by atoms with E-state index in [2.05, 4.69) is 6.92 Å². The Kier molecular flexibility index (Phi) is 6.26. The largest absolute Gasteiger partial charge is 0.496 e. The van der Waals surface area contributed by atoms with E-state index in [1.807, 2.05) is 25.1 Å². The lowest BCUT2D eigenvalue weighted by Crippen LogP contribution is -2.34. The minimum absolute atomic E-state index is 0.311. The van der Waals surface area contributed by atoms with Crippen LogP contribution in [0.1, 0.15) is 38.7 Å². The second kappa shape index (κ2) is 7.97. The summed E-state index contributed by atoms with van der Waals surface area (Å²) in [5.41, 5.74) is 6.72. The zero-order valence-electron chi connectivity index (χ0n) is 13.5. The monoisotopic (exact) mass is 307 g/mol. The summed E-state index contributed by atoms with van der Waals surface area (Å²) in [6.07, 6.45) is 3.05. The number of hydrogen-bond acceptors (Lipinski definition) is 5. The first-order chi connectivity index (χ1) is 10.6. The third-order valence-corrected chi connectivity index (χ3v) is 3.98. The zero-order chi connectivity index (χ0) is 16.0. The van der Waals surface area contributed by atoms with Gasteiger partial charge >= 0.3 is 7.12 Å². The van der Waals surface area contributed by atoms with Crippen molar-refractivity contribution in [2.75, 3.05) is 26.4 Å². The lowest BCUT2D eigenvalue weighted by molar-refractivity contribution is 0.0893. The smallest absolute Gasteiger partial charge is 0.494 e. The Labute approximate surface area is 132 Å². The molecular formula is C16H26BNO4. The van der Waals surface area contributed by atoms with Gasteiger partial charge in [-0.05, 0) is 25.0 Å². The molecule has 0 fully saturated rings. The molecule has 5 nitrogen and oxygen atoms in total. The predicted molar refractivity (Wildman–Crippen MR) is 87.4 cm³/mol. The van der Waals surface area contributed by atoms with Crippen LogP contribution in [-0.2, 0) is 15.0 Å². The van der Waals surface area contributed by atoms with Crippen LogP contribution in [-0.4, -0.2) is 38.5 Å². The lowest BCUT2D eigenvalue weighted by atomic mass is 9.77. The summed E-state index contributed by atoms with van der Waals surface area (Å²) >= 11 is 0. The van der Waals surface area contributed by atoms with Crippen molar-refractivity contribution >= 4 is 12.6 Å². The van der Waals surface area contributed by atoms with Crippen molar-refractivity contribution in [3.63, 3.8) is 0 Å². The van der Waals surface area contributed by atoms with E-state index in [4.69, 9.17) is 19.9 Å². The van der Waals surface area contributed by atoms with Crippen LogP contribution in [0.2, 0.25) is 0 Å². The molecule has 1 atom stereocenters. The molecule has 1 aromatic carbocycles. The molecule has 0 aromatic heterocycles. The third-order valence-electron chi connectivity index (χ3n) is 3.98. The summed E-state index contributed by atoms with van der Waals surface area (Å²) in [6.45, 7) is 6.38. The maximum absolute atomic E-state index is 10.1. The molecule has 0 spiro atoms. The normalized spacial score (nSPS) is 20.3. The molecule has 1 heterocycles. The zero-order valence-corrected chi connectivity index (χ0v) is 13.5. The number of nitrogens with two attached hydrogens (primary N) is 1. The average molecular weight is 307 g/mol. The molecule has 1 aliphatic heterocycles. The molecule has 0 amide bonds. The molecule has 3 N–H and O–H groups in total. The van der Waals surface area contributed by atoms with Gasteiger partial charge < -0.3 is 24.9 Å². The second-order valence-corrected chi connectivity index (χ2v) is 5.79. The van der Waals surface area contributed by atoms with Gasteiger partial charge in [-0.25, -0.2) is 0 Å². The highest BCUT2D eigenvalue weighted by atomic mass is 16.5. The highest BCUT2D eigenvalue weighted by Crippen LogP contribution is 2.32. The Morgan fingerprint density at radius 2 is 2.05 bits per heavy atom. The van der Waals surface area contributed by atoms with E-state index in [1.165, 1.54) is 0 Å². The van der Waals surface area contributed by atoms with Crippen molar-refractivity contribution in [2.24, 2.45) is 5.73 Å². The highest BCUT2D eigenvalue weighted by Gasteiger charge is 2.44. The van der Waals surface area contributed by atoms with E-state index >= 15 is 0 Å². The van der Waals surface area contributed by atoms with Gasteiger partial charge in [0.2, 0.25) is 0 Å². The summed E-state index contributed by atoms with van der Waals surface area (Å²) in [5, 5.41) is 10.1. The van der Waals surface area contributed by atoms with E-state index in [1.54, 1.807) is 0 Å². The summed E-state index contributed by atoms with van der Waals surface area (Å²) in [5.74, 6) is 0.663. The standard InChI is InChI=1S/C16H26BNO4/c1-3-4-9-20-10-6-11-21-14-8-5-7-13-15(14)17(19)22-16(13,2)12-18/h5,7-8,19H,3-4,6,9-12,18H2,1-2H3/t16-/m1/s1. The van der Waals surface area contributed by atoms with Gasteiger partial charge in [0.05, 0.1) is 12.2 Å². The molecule has 1 aliphatic rings. The molecule has 1 aromatic rings. The Morgan fingerprint density at radius 1 is 1.27 bits per heavy atom. The maximum atomic E-state index is 10.1. The van der Waals surface area contributed by atoms with E-state index in [0.717, 1.165) is 31.4 Å². The molecule has 0 saturated heterocycles. The van der Waals surface area contributed by atoms with Crippen LogP contribution in [0.5, 0.6) is 5.75 Å². The van der Waals surface area contributed by atoms with Crippen molar-refractivity contribution in [3.8, 4) is 5.75 Å². The summed E-state index contributed by atoms with van der Waals surface area (Å²) in [7, 11) is -0.986. The van der Waals surface area contributed by atoms with Gasteiger partial charge in [-0.3, -0.25) is 0 Å². The third kappa shape index (κ3) is 3.81. The summed E-state index contributed by atoms with van der Waals surface area (Å²) < 4.78 is 16.9. The van der Waals surface area contributed by atoms with Crippen molar-refractivity contribution < 1.29 is 19.2 Å². The topological polar surface area (TPSA) is 73.9 Å². The fourth-order valence-corrected chi connectivity index (χ4v) is 2.60. The predicted octanol–water partition coefficient (Wildman–Crippen LogP) is 1.16. The first-order valence-electron chi connectivity index (χ1n) is 8.02. The minimum Gasteiger partial charge on any atom is -0.494 e.